The second-order valence-corrected chi connectivity index (χ2v) is 5.11. The summed E-state index contributed by atoms with van der Waals surface area (Å²) < 4.78 is 7.39. The van der Waals surface area contributed by atoms with Crippen molar-refractivity contribution < 1.29 is 4.42 Å². The molecule has 2 aromatic rings. The van der Waals surface area contributed by atoms with Crippen LogP contribution in [-0.4, -0.2) is 7.05 Å². The first-order chi connectivity index (χ1) is 7.70. The van der Waals surface area contributed by atoms with Gasteiger partial charge in [-0.05, 0) is 52.8 Å². The van der Waals surface area contributed by atoms with E-state index in [4.69, 9.17) is 4.42 Å². The Morgan fingerprint density at radius 1 is 1.06 bits per heavy atom. The van der Waals surface area contributed by atoms with E-state index in [0.29, 0.717) is 0 Å². The predicted molar refractivity (Wildman–Crippen MR) is 71.5 cm³/mol. The first-order valence-corrected chi connectivity index (χ1v) is 6.47. The van der Waals surface area contributed by atoms with Crippen LogP contribution < -0.4 is 5.32 Å². The molecule has 0 radical (unpaired) electrons. The van der Waals surface area contributed by atoms with Crippen molar-refractivity contribution in [1.29, 1.82) is 0 Å². The molecule has 0 aliphatic carbocycles. The van der Waals surface area contributed by atoms with Gasteiger partial charge in [0.2, 0.25) is 0 Å². The highest BCUT2D eigenvalue weighted by atomic mass is 79.9. The monoisotopic (exact) mass is 343 g/mol. The quantitative estimate of drug-likeness (QED) is 0.906. The fourth-order valence-corrected chi connectivity index (χ4v) is 2.20. The molecule has 0 amide bonds. The van der Waals surface area contributed by atoms with Crippen LogP contribution in [0.3, 0.4) is 0 Å². The summed E-state index contributed by atoms with van der Waals surface area (Å²) in [6.07, 6.45) is 0. The van der Waals surface area contributed by atoms with Crippen molar-refractivity contribution in [2.45, 2.75) is 6.04 Å². The number of hydrogen-bond acceptors (Lipinski definition) is 2. The molecule has 2 nitrogen and oxygen atoms in total. The van der Waals surface area contributed by atoms with Crippen LogP contribution in [-0.2, 0) is 0 Å². The maximum absolute atomic E-state index is 5.56. The van der Waals surface area contributed by atoms with Crippen molar-refractivity contribution in [3.63, 3.8) is 0 Å². The summed E-state index contributed by atoms with van der Waals surface area (Å²) in [5, 5.41) is 3.24. The van der Waals surface area contributed by atoms with E-state index in [0.717, 1.165) is 14.9 Å². The van der Waals surface area contributed by atoms with Gasteiger partial charge in [-0.3, -0.25) is 0 Å². The van der Waals surface area contributed by atoms with Crippen LogP contribution in [0.2, 0.25) is 0 Å². The molecule has 2 rings (SSSR count). The second-order valence-electron chi connectivity index (χ2n) is 3.42. The van der Waals surface area contributed by atoms with E-state index in [1.807, 2.05) is 31.3 Å². The number of benzene rings is 1. The molecule has 0 saturated carbocycles. The summed E-state index contributed by atoms with van der Waals surface area (Å²) in [6.45, 7) is 0. The molecule has 0 aliphatic rings. The van der Waals surface area contributed by atoms with Gasteiger partial charge in [-0.2, -0.15) is 0 Å². The highest BCUT2D eigenvalue weighted by Crippen LogP contribution is 2.26. The number of nitrogens with one attached hydrogen (secondary N) is 1. The summed E-state index contributed by atoms with van der Waals surface area (Å²) in [5.41, 5.74) is 1.17. The molecule has 4 heteroatoms. The van der Waals surface area contributed by atoms with Crippen LogP contribution in [0.5, 0.6) is 0 Å². The first-order valence-electron chi connectivity index (χ1n) is 4.88. The van der Waals surface area contributed by atoms with E-state index in [9.17, 15) is 0 Å². The fourth-order valence-electron chi connectivity index (χ4n) is 1.61. The molecule has 0 spiro atoms. The lowest BCUT2D eigenvalue weighted by Crippen LogP contribution is -2.16. The molecular weight excluding hydrogens is 334 g/mol. The van der Waals surface area contributed by atoms with E-state index in [1.54, 1.807) is 0 Å². The number of halogens is 2. The second kappa shape index (κ2) is 5.17. The molecule has 0 saturated heterocycles. The van der Waals surface area contributed by atoms with Crippen molar-refractivity contribution in [1.82, 2.24) is 5.32 Å². The van der Waals surface area contributed by atoms with Crippen molar-refractivity contribution in [2.75, 3.05) is 7.05 Å². The molecule has 1 N–H and O–H groups in total. The Kier molecular flexibility index (Phi) is 3.84. The number of rotatable bonds is 3. The Bertz CT molecular complexity index is 464. The Morgan fingerprint density at radius 3 is 2.25 bits per heavy atom. The first kappa shape index (κ1) is 11.9. The third-order valence-corrected chi connectivity index (χ3v) is 3.33. The zero-order chi connectivity index (χ0) is 11.5. The van der Waals surface area contributed by atoms with Crippen molar-refractivity contribution in [2.24, 2.45) is 0 Å². The van der Waals surface area contributed by atoms with E-state index in [-0.39, 0.29) is 6.04 Å². The zero-order valence-electron chi connectivity index (χ0n) is 8.71. The molecule has 0 fully saturated rings. The average molecular weight is 345 g/mol. The summed E-state index contributed by atoms with van der Waals surface area (Å²) in [6, 6.07) is 12.1. The molecule has 16 heavy (non-hydrogen) atoms. The topological polar surface area (TPSA) is 25.2 Å². The molecule has 84 valence electrons. The van der Waals surface area contributed by atoms with Crippen molar-refractivity contribution >= 4 is 31.9 Å². The Labute approximate surface area is 111 Å². The summed E-state index contributed by atoms with van der Waals surface area (Å²) in [5.74, 6) is 0.900. The molecule has 1 heterocycles. The molecule has 1 aromatic carbocycles. The summed E-state index contributed by atoms with van der Waals surface area (Å²) in [7, 11) is 1.92. The van der Waals surface area contributed by atoms with Crippen LogP contribution in [0.15, 0.2) is 50.0 Å². The number of furan rings is 1. The van der Waals surface area contributed by atoms with Gasteiger partial charge in [-0.25, -0.2) is 0 Å². The van der Waals surface area contributed by atoms with Gasteiger partial charge in [0.15, 0.2) is 4.67 Å². The summed E-state index contributed by atoms with van der Waals surface area (Å²) >= 11 is 6.74. The minimum Gasteiger partial charge on any atom is -0.452 e. The summed E-state index contributed by atoms with van der Waals surface area (Å²) in [4.78, 5) is 0. The highest BCUT2D eigenvalue weighted by molar-refractivity contribution is 9.10. The zero-order valence-corrected chi connectivity index (χ0v) is 11.9. The van der Waals surface area contributed by atoms with Gasteiger partial charge in [0.25, 0.3) is 0 Å². The van der Waals surface area contributed by atoms with Gasteiger partial charge >= 0.3 is 0 Å². The third-order valence-electron chi connectivity index (χ3n) is 2.37. The van der Waals surface area contributed by atoms with Crippen molar-refractivity contribution in [3.8, 4) is 0 Å². The predicted octanol–water partition coefficient (Wildman–Crippen LogP) is 4.11. The highest BCUT2D eigenvalue weighted by Gasteiger charge is 2.15. The maximum atomic E-state index is 5.56. The molecule has 1 atom stereocenters. The third kappa shape index (κ3) is 2.56. The van der Waals surface area contributed by atoms with Gasteiger partial charge < -0.3 is 9.73 Å². The maximum Gasteiger partial charge on any atom is 0.169 e. The van der Waals surface area contributed by atoms with Gasteiger partial charge in [-0.1, -0.05) is 28.1 Å². The van der Waals surface area contributed by atoms with Crippen LogP contribution in [0.4, 0.5) is 0 Å². The van der Waals surface area contributed by atoms with Crippen LogP contribution in [0.25, 0.3) is 0 Å². The van der Waals surface area contributed by atoms with Crippen LogP contribution in [0, 0.1) is 0 Å². The minimum atomic E-state index is 0.0828. The van der Waals surface area contributed by atoms with E-state index >= 15 is 0 Å². The van der Waals surface area contributed by atoms with Crippen LogP contribution >= 0.6 is 31.9 Å². The lowest BCUT2D eigenvalue weighted by molar-refractivity contribution is 0.447. The smallest absolute Gasteiger partial charge is 0.169 e. The fraction of sp³-hybridized carbons (Fsp3) is 0.167. The lowest BCUT2D eigenvalue weighted by Gasteiger charge is -2.13. The minimum absolute atomic E-state index is 0.0828. The largest absolute Gasteiger partial charge is 0.452 e. The van der Waals surface area contributed by atoms with Gasteiger partial charge in [0.05, 0.1) is 6.04 Å². The van der Waals surface area contributed by atoms with E-state index in [1.165, 1.54) is 5.56 Å². The van der Waals surface area contributed by atoms with E-state index in [2.05, 4.69) is 49.3 Å². The molecule has 1 unspecified atom stereocenters. The van der Waals surface area contributed by atoms with Gasteiger partial charge in [-0.15, -0.1) is 0 Å². The molecule has 1 aromatic heterocycles. The lowest BCUT2D eigenvalue weighted by atomic mass is 10.1. The Hall–Kier alpha value is -0.580. The van der Waals surface area contributed by atoms with E-state index < -0.39 is 0 Å². The molecular formula is C12H11Br2NO. The average Bonchev–Trinajstić information content (AvgIpc) is 2.69. The normalized spacial score (nSPS) is 12.7. The van der Waals surface area contributed by atoms with Gasteiger partial charge in [0.1, 0.15) is 5.76 Å². The number of hydrogen-bond donors (Lipinski definition) is 1. The molecule has 0 bridgehead atoms. The Balaban J connectivity index is 2.32. The standard InChI is InChI=1S/C12H11Br2NO/c1-15-12(10-6-7-11(14)16-10)8-2-4-9(13)5-3-8/h2-7,12,15H,1H3. The molecule has 0 aliphatic heterocycles. The van der Waals surface area contributed by atoms with Crippen molar-refractivity contribution in [3.05, 3.63) is 56.9 Å². The SMILES string of the molecule is CNC(c1ccc(Br)cc1)c1ccc(Br)o1. The van der Waals surface area contributed by atoms with Crippen LogP contribution in [0.1, 0.15) is 17.4 Å². The van der Waals surface area contributed by atoms with Gasteiger partial charge in [0, 0.05) is 4.47 Å². The Morgan fingerprint density at radius 2 is 1.75 bits per heavy atom.